The Morgan fingerprint density at radius 2 is 2.00 bits per heavy atom. The standard InChI is InChI=1S/C13H17F3N4O.C12H17NO.CH5N/c1-8(7-10(17-2)13(14,15)16)11-19-20-12(21-11)9-5-3-4-6-18-9;1-9(2)12(14)13-8-11-6-4-5-10(3)7-11;1-2/h7,9,18H,3-6H2,1-2H3;4-7,9H,8H2,1-3H3,(H,13,14);2H2,1H3/b8-7+,17-10?;;/t9-;;/m1../s1. The van der Waals surface area contributed by atoms with E-state index < -0.39 is 11.9 Å². The van der Waals surface area contributed by atoms with E-state index in [1.54, 1.807) is 0 Å². The minimum absolute atomic E-state index is 0.0188. The van der Waals surface area contributed by atoms with Gasteiger partial charge in [-0.15, -0.1) is 10.2 Å². The van der Waals surface area contributed by atoms with Gasteiger partial charge in [0.2, 0.25) is 17.7 Å². The second-order valence-corrected chi connectivity index (χ2v) is 8.74. The first kappa shape index (κ1) is 32.0. The van der Waals surface area contributed by atoms with E-state index in [0.717, 1.165) is 44.5 Å². The Morgan fingerprint density at radius 1 is 1.30 bits per heavy atom. The summed E-state index contributed by atoms with van der Waals surface area (Å²) in [5, 5.41) is 13.9. The van der Waals surface area contributed by atoms with Crippen LogP contribution in [-0.4, -0.2) is 48.6 Å². The number of allylic oxidation sites excluding steroid dienone is 2. The molecule has 1 aliphatic rings. The van der Waals surface area contributed by atoms with E-state index in [1.165, 1.54) is 19.5 Å². The number of rotatable bonds is 6. The van der Waals surface area contributed by atoms with Crippen LogP contribution in [0.3, 0.4) is 0 Å². The van der Waals surface area contributed by atoms with E-state index in [0.29, 0.717) is 12.4 Å². The number of nitrogens with zero attached hydrogens (tertiary/aromatic N) is 3. The summed E-state index contributed by atoms with van der Waals surface area (Å²) in [5.41, 5.74) is 6.14. The minimum atomic E-state index is -4.50. The van der Waals surface area contributed by atoms with Crippen molar-refractivity contribution < 1.29 is 22.4 Å². The molecule has 0 unspecified atom stereocenters. The zero-order chi connectivity index (χ0) is 28.0. The maximum absolute atomic E-state index is 12.6. The molecule has 1 atom stereocenters. The molecule has 1 saturated heterocycles. The summed E-state index contributed by atoms with van der Waals surface area (Å²) >= 11 is 0. The number of halogens is 3. The molecule has 11 heteroatoms. The van der Waals surface area contributed by atoms with E-state index in [-0.39, 0.29) is 29.3 Å². The summed E-state index contributed by atoms with van der Waals surface area (Å²) in [7, 11) is 2.60. The molecule has 4 N–H and O–H groups in total. The molecule has 206 valence electrons. The van der Waals surface area contributed by atoms with Crippen LogP contribution in [-0.2, 0) is 11.3 Å². The summed E-state index contributed by atoms with van der Waals surface area (Å²) in [6.07, 6.45) is -0.548. The number of aliphatic imine (C=N–C) groups is 1. The summed E-state index contributed by atoms with van der Waals surface area (Å²) in [4.78, 5) is 14.5. The molecule has 2 heterocycles. The van der Waals surface area contributed by atoms with Gasteiger partial charge in [-0.3, -0.25) is 9.79 Å². The van der Waals surface area contributed by atoms with Gasteiger partial charge in [-0.1, -0.05) is 50.1 Å². The van der Waals surface area contributed by atoms with Gasteiger partial charge in [0, 0.05) is 25.1 Å². The molecular weight excluding hydrogens is 485 g/mol. The number of piperidine rings is 1. The Kier molecular flexibility index (Phi) is 13.8. The van der Waals surface area contributed by atoms with Crippen LogP contribution in [0.1, 0.15) is 69.0 Å². The highest BCUT2D eigenvalue weighted by atomic mass is 19.4. The maximum Gasteiger partial charge on any atom is 0.432 e. The Bertz CT molecular complexity index is 1030. The van der Waals surface area contributed by atoms with Crippen molar-refractivity contribution in [2.45, 2.75) is 65.7 Å². The van der Waals surface area contributed by atoms with Crippen LogP contribution in [0.25, 0.3) is 5.57 Å². The Balaban J connectivity index is 0.000000372. The van der Waals surface area contributed by atoms with Gasteiger partial charge in [0.15, 0.2) is 0 Å². The first-order valence-electron chi connectivity index (χ1n) is 12.2. The van der Waals surface area contributed by atoms with E-state index >= 15 is 0 Å². The van der Waals surface area contributed by atoms with Gasteiger partial charge >= 0.3 is 6.18 Å². The third-order valence-electron chi connectivity index (χ3n) is 5.34. The first-order chi connectivity index (χ1) is 17.5. The van der Waals surface area contributed by atoms with Gasteiger partial charge in [0.05, 0.1) is 6.04 Å². The molecule has 0 saturated carbocycles. The molecule has 8 nitrogen and oxygen atoms in total. The lowest BCUT2D eigenvalue weighted by molar-refractivity contribution is -0.124. The molecule has 0 spiro atoms. The van der Waals surface area contributed by atoms with Gasteiger partial charge < -0.3 is 20.8 Å². The molecule has 1 fully saturated rings. The molecule has 1 aliphatic heterocycles. The third-order valence-corrected chi connectivity index (χ3v) is 5.34. The average Bonchev–Trinajstić information content (AvgIpc) is 3.38. The van der Waals surface area contributed by atoms with Crippen molar-refractivity contribution in [3.63, 3.8) is 0 Å². The lowest BCUT2D eigenvalue weighted by atomic mass is 10.1. The molecule has 2 aromatic rings. The number of aromatic nitrogens is 2. The predicted molar refractivity (Wildman–Crippen MR) is 140 cm³/mol. The van der Waals surface area contributed by atoms with Crippen LogP contribution in [0, 0.1) is 12.8 Å². The zero-order valence-electron chi connectivity index (χ0n) is 22.4. The van der Waals surface area contributed by atoms with Crippen molar-refractivity contribution in [3.05, 3.63) is 53.2 Å². The number of benzene rings is 1. The molecule has 0 bridgehead atoms. The fraction of sp³-hybridized carbons (Fsp3) is 0.538. The lowest BCUT2D eigenvalue weighted by Gasteiger charge is -2.19. The van der Waals surface area contributed by atoms with Crippen LogP contribution in [0.2, 0.25) is 0 Å². The number of hydrogen-bond acceptors (Lipinski definition) is 7. The average molecular weight is 525 g/mol. The van der Waals surface area contributed by atoms with Gasteiger partial charge in [-0.05, 0) is 51.9 Å². The van der Waals surface area contributed by atoms with Crippen molar-refractivity contribution in [1.82, 2.24) is 20.8 Å². The number of carbonyl (C=O) groups is 1. The summed E-state index contributed by atoms with van der Waals surface area (Å²) in [6, 6.07) is 8.14. The van der Waals surface area contributed by atoms with Crippen LogP contribution < -0.4 is 16.4 Å². The fourth-order valence-corrected chi connectivity index (χ4v) is 3.35. The summed E-state index contributed by atoms with van der Waals surface area (Å²) in [6.45, 7) is 8.82. The van der Waals surface area contributed by atoms with Gasteiger partial charge in [-0.2, -0.15) is 13.2 Å². The number of carbonyl (C=O) groups excluding carboxylic acids is 1. The Labute approximate surface area is 217 Å². The molecule has 37 heavy (non-hydrogen) atoms. The van der Waals surface area contributed by atoms with Gasteiger partial charge in [0.1, 0.15) is 5.71 Å². The molecule has 1 aromatic carbocycles. The number of hydrogen-bond donors (Lipinski definition) is 3. The monoisotopic (exact) mass is 524 g/mol. The van der Waals surface area contributed by atoms with Crippen LogP contribution in [0.5, 0.6) is 0 Å². The fourth-order valence-electron chi connectivity index (χ4n) is 3.35. The molecular formula is C26H39F3N6O2. The quantitative estimate of drug-likeness (QED) is 0.469. The van der Waals surface area contributed by atoms with Crippen molar-refractivity contribution in [2.75, 3.05) is 20.6 Å². The second-order valence-electron chi connectivity index (χ2n) is 8.74. The zero-order valence-corrected chi connectivity index (χ0v) is 22.4. The number of amides is 1. The lowest BCUT2D eigenvalue weighted by Crippen LogP contribution is -2.27. The summed E-state index contributed by atoms with van der Waals surface area (Å²) < 4.78 is 43.4. The normalized spacial score (nSPS) is 16.4. The van der Waals surface area contributed by atoms with Crippen molar-refractivity contribution >= 4 is 17.2 Å². The molecule has 0 aliphatic carbocycles. The number of nitrogens with two attached hydrogens (primary N) is 1. The molecule has 3 rings (SSSR count). The smallest absolute Gasteiger partial charge is 0.419 e. The topological polar surface area (TPSA) is 118 Å². The highest BCUT2D eigenvalue weighted by Gasteiger charge is 2.34. The van der Waals surface area contributed by atoms with Gasteiger partial charge in [0.25, 0.3) is 0 Å². The van der Waals surface area contributed by atoms with Crippen molar-refractivity contribution in [3.8, 4) is 0 Å². The van der Waals surface area contributed by atoms with E-state index in [4.69, 9.17) is 4.42 Å². The second kappa shape index (κ2) is 15.9. The van der Waals surface area contributed by atoms with Crippen molar-refractivity contribution in [1.29, 1.82) is 0 Å². The summed E-state index contributed by atoms with van der Waals surface area (Å²) in [5.74, 6) is 0.661. The number of nitrogens with one attached hydrogen (secondary N) is 2. The molecule has 1 amide bonds. The third kappa shape index (κ3) is 11.3. The maximum atomic E-state index is 12.6. The van der Waals surface area contributed by atoms with Crippen LogP contribution >= 0.6 is 0 Å². The Morgan fingerprint density at radius 3 is 2.54 bits per heavy atom. The molecule has 0 radical (unpaired) electrons. The van der Waals surface area contributed by atoms with E-state index in [9.17, 15) is 18.0 Å². The largest absolute Gasteiger partial charge is 0.432 e. The highest BCUT2D eigenvalue weighted by Crippen LogP contribution is 2.25. The predicted octanol–water partition coefficient (Wildman–Crippen LogP) is 4.76. The number of aryl methyl sites for hydroxylation is 1. The van der Waals surface area contributed by atoms with Crippen LogP contribution in [0.4, 0.5) is 13.2 Å². The SMILES string of the molecule is CN.CN=C(/C=C(\C)c1nnc([C@H]2CCCCN2)o1)C(F)(F)F.Cc1cccc(CNC(=O)C(C)C)c1. The molecule has 1 aromatic heterocycles. The Hall–Kier alpha value is -3.05. The van der Waals surface area contributed by atoms with E-state index in [2.05, 4.69) is 37.6 Å². The van der Waals surface area contributed by atoms with E-state index in [1.807, 2.05) is 39.0 Å². The highest BCUT2D eigenvalue weighted by molar-refractivity contribution is 6.03. The van der Waals surface area contributed by atoms with Crippen LogP contribution in [0.15, 0.2) is 39.8 Å². The first-order valence-corrected chi connectivity index (χ1v) is 12.2. The minimum Gasteiger partial charge on any atom is -0.419 e. The van der Waals surface area contributed by atoms with Crippen molar-refractivity contribution in [2.24, 2.45) is 16.6 Å². The number of alkyl halides is 3. The van der Waals surface area contributed by atoms with Gasteiger partial charge in [-0.25, -0.2) is 0 Å².